The lowest BCUT2D eigenvalue weighted by Crippen LogP contribution is -2.30. The van der Waals surface area contributed by atoms with Crippen LogP contribution in [0.15, 0.2) is 18.2 Å². The topological polar surface area (TPSA) is 72.5 Å². The van der Waals surface area contributed by atoms with Gasteiger partial charge in [0.05, 0.1) is 0 Å². The first-order valence-corrected chi connectivity index (χ1v) is 7.85. The zero-order valence-electron chi connectivity index (χ0n) is 11.2. The van der Waals surface area contributed by atoms with Crippen LogP contribution in [0.3, 0.4) is 0 Å². The lowest BCUT2D eigenvalue weighted by atomic mass is 9.86. The Balaban J connectivity index is 3.07. The fourth-order valence-electron chi connectivity index (χ4n) is 1.55. The van der Waals surface area contributed by atoms with Crippen LogP contribution < -0.4 is 9.46 Å². The molecule has 0 aliphatic heterocycles. The molecule has 0 saturated heterocycles. The Morgan fingerprint density at radius 1 is 1.32 bits per heavy atom. The van der Waals surface area contributed by atoms with Crippen LogP contribution in [0.1, 0.15) is 31.9 Å². The first-order valence-electron chi connectivity index (χ1n) is 5.54. The number of aryl methyl sites for hydroxylation is 1. The minimum absolute atomic E-state index is 0.247. The van der Waals surface area contributed by atoms with Crippen molar-refractivity contribution in [2.75, 3.05) is 0 Å². The van der Waals surface area contributed by atoms with Gasteiger partial charge in [-0.3, -0.25) is 0 Å². The number of halogens is 1. The molecule has 1 rings (SSSR count). The van der Waals surface area contributed by atoms with Gasteiger partial charge >= 0.3 is 15.3 Å². The van der Waals surface area contributed by atoms with E-state index in [1.807, 2.05) is 39.8 Å². The number of hydrogen-bond donors (Lipinski definition) is 1. The van der Waals surface area contributed by atoms with Gasteiger partial charge < -0.3 is 4.74 Å². The third-order valence-electron chi connectivity index (χ3n) is 2.35. The molecule has 0 unspecified atom stereocenters. The van der Waals surface area contributed by atoms with Crippen LogP contribution in [0, 0.1) is 6.92 Å². The van der Waals surface area contributed by atoms with E-state index in [4.69, 9.17) is 15.4 Å². The van der Waals surface area contributed by atoms with Crippen LogP contribution in [0.4, 0.5) is 4.79 Å². The second kappa shape index (κ2) is 5.38. The van der Waals surface area contributed by atoms with E-state index in [2.05, 4.69) is 0 Å². The third kappa shape index (κ3) is 5.08. The van der Waals surface area contributed by atoms with E-state index >= 15 is 0 Å². The number of hydrogen-bond acceptors (Lipinski definition) is 4. The van der Waals surface area contributed by atoms with Crippen LogP contribution in [0.5, 0.6) is 5.75 Å². The summed E-state index contributed by atoms with van der Waals surface area (Å²) in [7, 11) is 0.761. The van der Waals surface area contributed by atoms with Crippen molar-refractivity contribution in [3.8, 4) is 5.75 Å². The Labute approximate surface area is 117 Å². The molecule has 0 atom stereocenters. The smallest absolute Gasteiger partial charge is 0.409 e. The lowest BCUT2D eigenvalue weighted by molar-refractivity contribution is 0.206. The Morgan fingerprint density at radius 2 is 1.89 bits per heavy atom. The average molecular weight is 306 g/mol. The maximum absolute atomic E-state index is 11.4. The van der Waals surface area contributed by atoms with Crippen LogP contribution in [-0.4, -0.2) is 14.5 Å². The zero-order valence-corrected chi connectivity index (χ0v) is 12.7. The van der Waals surface area contributed by atoms with Crippen molar-refractivity contribution in [2.24, 2.45) is 0 Å². The summed E-state index contributed by atoms with van der Waals surface area (Å²) in [6, 6.07) is 5.40. The number of benzene rings is 1. The molecule has 0 fully saturated rings. The number of ether oxygens (including phenoxy) is 1. The summed E-state index contributed by atoms with van der Waals surface area (Å²) in [4.78, 5) is 11.4. The second-order valence-electron chi connectivity index (χ2n) is 5.18. The average Bonchev–Trinajstić information content (AvgIpc) is 2.11. The summed E-state index contributed by atoms with van der Waals surface area (Å²) in [5.74, 6) is 0.310. The first-order chi connectivity index (χ1) is 8.49. The SMILES string of the molecule is Cc1ccc(C(C)(C)C)c(OC(=O)NS(=O)(=O)Cl)c1. The summed E-state index contributed by atoms with van der Waals surface area (Å²) in [5.41, 5.74) is 1.44. The van der Waals surface area contributed by atoms with Crippen LogP contribution in [-0.2, 0) is 14.7 Å². The maximum Gasteiger partial charge on any atom is 0.427 e. The minimum Gasteiger partial charge on any atom is -0.409 e. The highest BCUT2D eigenvalue weighted by Crippen LogP contribution is 2.32. The molecule has 7 heteroatoms. The van der Waals surface area contributed by atoms with E-state index in [0.29, 0.717) is 5.75 Å². The highest BCUT2D eigenvalue weighted by Gasteiger charge is 2.21. The monoisotopic (exact) mass is 305 g/mol. The van der Waals surface area contributed by atoms with E-state index < -0.39 is 15.3 Å². The maximum atomic E-state index is 11.4. The molecular formula is C12H16ClNO4S. The molecule has 0 aromatic heterocycles. The molecule has 1 aromatic rings. The highest BCUT2D eigenvalue weighted by molar-refractivity contribution is 8.12. The van der Waals surface area contributed by atoms with Crippen LogP contribution >= 0.6 is 10.7 Å². The Morgan fingerprint density at radius 3 is 2.37 bits per heavy atom. The van der Waals surface area contributed by atoms with Crippen molar-refractivity contribution >= 4 is 26.0 Å². The Kier molecular flexibility index (Phi) is 4.47. The van der Waals surface area contributed by atoms with Gasteiger partial charge in [-0.25, -0.2) is 9.52 Å². The van der Waals surface area contributed by atoms with Crippen molar-refractivity contribution in [3.05, 3.63) is 29.3 Å². The minimum atomic E-state index is -4.15. The molecule has 0 saturated carbocycles. The van der Waals surface area contributed by atoms with Gasteiger partial charge in [-0.2, -0.15) is 8.42 Å². The van der Waals surface area contributed by atoms with Crippen LogP contribution in [0.25, 0.3) is 0 Å². The fourth-order valence-corrected chi connectivity index (χ4v) is 1.98. The van der Waals surface area contributed by atoms with Gasteiger partial charge in [0.15, 0.2) is 0 Å². The molecule has 1 amide bonds. The van der Waals surface area contributed by atoms with E-state index in [-0.39, 0.29) is 5.41 Å². The van der Waals surface area contributed by atoms with Gasteiger partial charge in [-0.1, -0.05) is 32.9 Å². The molecule has 5 nitrogen and oxygen atoms in total. The highest BCUT2D eigenvalue weighted by atomic mass is 35.7. The van der Waals surface area contributed by atoms with Gasteiger partial charge in [-0.15, -0.1) is 0 Å². The van der Waals surface area contributed by atoms with Crippen molar-refractivity contribution in [1.82, 2.24) is 4.72 Å². The summed E-state index contributed by atoms with van der Waals surface area (Å²) in [6.45, 7) is 7.72. The number of amides is 1. The largest absolute Gasteiger partial charge is 0.427 e. The normalized spacial score (nSPS) is 12.1. The number of nitrogens with one attached hydrogen (secondary N) is 1. The van der Waals surface area contributed by atoms with Gasteiger partial charge in [0.1, 0.15) is 5.75 Å². The molecule has 1 aromatic carbocycles. The van der Waals surface area contributed by atoms with Crippen LogP contribution in [0.2, 0.25) is 0 Å². The third-order valence-corrected chi connectivity index (χ3v) is 2.99. The predicted molar refractivity (Wildman–Crippen MR) is 73.8 cm³/mol. The summed E-state index contributed by atoms with van der Waals surface area (Å²) >= 11 is 0. The Hall–Kier alpha value is -1.27. The van der Waals surface area contributed by atoms with E-state index in [0.717, 1.165) is 11.1 Å². The summed E-state index contributed by atoms with van der Waals surface area (Å²) in [5, 5.41) is 0. The van der Waals surface area contributed by atoms with Crippen molar-refractivity contribution in [1.29, 1.82) is 0 Å². The molecule has 0 heterocycles. The lowest BCUT2D eigenvalue weighted by Gasteiger charge is -2.22. The van der Waals surface area contributed by atoms with E-state index in [1.54, 1.807) is 10.8 Å². The molecular weight excluding hydrogens is 290 g/mol. The van der Waals surface area contributed by atoms with Gasteiger partial charge in [0.2, 0.25) is 0 Å². The molecule has 0 spiro atoms. The summed E-state index contributed by atoms with van der Waals surface area (Å²) in [6.07, 6.45) is -1.13. The fraction of sp³-hybridized carbons (Fsp3) is 0.417. The van der Waals surface area contributed by atoms with Crippen molar-refractivity contribution in [3.63, 3.8) is 0 Å². The molecule has 0 aliphatic rings. The Bertz CT molecular complexity index is 590. The molecule has 106 valence electrons. The molecule has 19 heavy (non-hydrogen) atoms. The second-order valence-corrected chi connectivity index (χ2v) is 7.48. The molecule has 0 aliphatic carbocycles. The number of carbonyl (C=O) groups is 1. The van der Waals surface area contributed by atoms with E-state index in [1.165, 1.54) is 0 Å². The number of carbonyl (C=O) groups excluding carboxylic acids is 1. The quantitative estimate of drug-likeness (QED) is 0.853. The molecule has 0 bridgehead atoms. The van der Waals surface area contributed by atoms with Crippen molar-refractivity contribution < 1.29 is 17.9 Å². The van der Waals surface area contributed by atoms with E-state index in [9.17, 15) is 13.2 Å². The summed E-state index contributed by atoms with van der Waals surface area (Å²) < 4.78 is 28.0. The zero-order chi connectivity index (χ0) is 14.8. The standard InChI is InChI=1S/C12H16ClNO4S/c1-8-5-6-9(12(2,3)4)10(7-8)18-11(15)14-19(13,16)17/h5-7H,1-4H3,(H,14,15). The molecule has 0 radical (unpaired) electrons. The van der Waals surface area contributed by atoms with Gasteiger partial charge in [-0.05, 0) is 24.0 Å². The molecule has 1 N–H and O–H groups in total. The van der Waals surface area contributed by atoms with Gasteiger partial charge in [0.25, 0.3) is 0 Å². The van der Waals surface area contributed by atoms with Crippen molar-refractivity contribution in [2.45, 2.75) is 33.1 Å². The number of rotatable bonds is 2. The van der Waals surface area contributed by atoms with Gasteiger partial charge in [0, 0.05) is 16.2 Å². The first kappa shape index (κ1) is 15.8. The predicted octanol–water partition coefficient (Wildman–Crippen LogP) is 2.86.